The zero-order chi connectivity index (χ0) is 11.9. The van der Waals surface area contributed by atoms with E-state index in [1.807, 2.05) is 13.6 Å². The Hall–Kier alpha value is 0.200. The molecule has 0 aromatic heterocycles. The van der Waals surface area contributed by atoms with Crippen molar-refractivity contribution < 1.29 is 18.5 Å². The average Bonchev–Trinajstić information content (AvgIpc) is 2.25. The third-order valence-corrected chi connectivity index (χ3v) is 5.42. The van der Waals surface area contributed by atoms with Gasteiger partial charge in [0.1, 0.15) is 0 Å². The molecule has 0 heterocycles. The van der Waals surface area contributed by atoms with E-state index >= 15 is 0 Å². The van der Waals surface area contributed by atoms with Crippen molar-refractivity contribution in [2.75, 3.05) is 33.1 Å². The van der Waals surface area contributed by atoms with Gasteiger partial charge in [-0.15, -0.1) is 0 Å². The van der Waals surface area contributed by atoms with E-state index in [4.69, 9.17) is 14.8 Å². The van der Waals surface area contributed by atoms with Gasteiger partial charge in [-0.05, 0) is 0 Å². The molecule has 15 heavy (non-hydrogen) atoms. The summed E-state index contributed by atoms with van der Waals surface area (Å²) in [6.45, 7) is 4.04. The monoisotopic (exact) mass is 243 g/mol. The van der Waals surface area contributed by atoms with Crippen LogP contribution in [0.4, 0.5) is 4.39 Å². The molecule has 0 aromatic carbocycles. The van der Waals surface area contributed by atoms with Crippen LogP contribution in [0.2, 0.25) is 0 Å². The third-order valence-electron chi connectivity index (χ3n) is 2.49. The topological polar surface area (TPSA) is 64.7 Å². The molecule has 0 rings (SSSR count). The van der Waals surface area contributed by atoms with Gasteiger partial charge in [-0.2, -0.15) is 0 Å². The summed E-state index contributed by atoms with van der Waals surface area (Å²) in [7, 11) is -0.609. The first kappa shape index (κ1) is 15.2. The second kappa shape index (κ2) is 7.47. The van der Waals surface area contributed by atoms with Crippen LogP contribution in [0.25, 0.3) is 0 Å². The van der Waals surface area contributed by atoms with Crippen LogP contribution in [-0.2, 0) is 9.05 Å². The Labute approximate surface area is 91.4 Å². The Kier molecular flexibility index (Phi) is 7.57. The molecule has 0 aliphatic heterocycles. The molecule has 94 valence electrons. The normalized spacial score (nSPS) is 17.5. The molecule has 0 radical (unpaired) electrons. The van der Waals surface area contributed by atoms with E-state index in [1.165, 1.54) is 0 Å². The Morgan fingerprint density at radius 2 is 2.13 bits per heavy atom. The van der Waals surface area contributed by atoms with Crippen LogP contribution < -0.4 is 5.73 Å². The van der Waals surface area contributed by atoms with E-state index < -0.39 is 20.0 Å². The third kappa shape index (κ3) is 5.73. The zero-order valence-electron chi connectivity index (χ0n) is 9.70. The number of aliphatic hydroxyl groups is 1. The standard InChI is InChI=1S/C9H23FNO3P/c1-4-15(3,13-2)14-7-9(12)8(10)5-6-11/h8-9,12,15H,4-7,11H2,1-3H3. The van der Waals surface area contributed by atoms with Crippen molar-refractivity contribution in [1.29, 1.82) is 0 Å². The van der Waals surface area contributed by atoms with E-state index in [0.29, 0.717) is 0 Å². The summed E-state index contributed by atoms with van der Waals surface area (Å²) in [6, 6.07) is 0. The van der Waals surface area contributed by atoms with Crippen molar-refractivity contribution in [2.45, 2.75) is 25.6 Å². The van der Waals surface area contributed by atoms with E-state index in [0.717, 1.165) is 6.16 Å². The van der Waals surface area contributed by atoms with Crippen molar-refractivity contribution in [3.63, 3.8) is 0 Å². The van der Waals surface area contributed by atoms with Crippen molar-refractivity contribution in [2.24, 2.45) is 5.73 Å². The van der Waals surface area contributed by atoms with Gasteiger partial charge >= 0.3 is 90.7 Å². The van der Waals surface area contributed by atoms with Crippen LogP contribution in [0.5, 0.6) is 0 Å². The molecule has 0 aliphatic rings. The fourth-order valence-corrected chi connectivity index (χ4v) is 2.16. The molecular formula is C9H23FNO3P. The van der Waals surface area contributed by atoms with Crippen LogP contribution in [0.3, 0.4) is 0 Å². The maximum absolute atomic E-state index is 13.1. The molecule has 0 aliphatic carbocycles. The molecule has 2 atom stereocenters. The minimum absolute atomic E-state index is 0.0223. The van der Waals surface area contributed by atoms with Crippen LogP contribution in [-0.4, -0.2) is 50.5 Å². The molecule has 0 aromatic rings. The molecule has 2 unspecified atom stereocenters. The minimum atomic E-state index is -2.19. The fraction of sp³-hybridized carbons (Fsp3) is 1.00. The summed E-state index contributed by atoms with van der Waals surface area (Å²) in [5.74, 6) is 0. The van der Waals surface area contributed by atoms with Gasteiger partial charge in [-0.1, -0.05) is 0 Å². The molecule has 0 spiro atoms. The number of hydrogen-bond acceptors (Lipinski definition) is 4. The van der Waals surface area contributed by atoms with Gasteiger partial charge < -0.3 is 0 Å². The van der Waals surface area contributed by atoms with Crippen molar-refractivity contribution >= 4 is 7.72 Å². The fourth-order valence-electron chi connectivity index (χ4n) is 1.02. The first-order chi connectivity index (χ1) is 6.99. The van der Waals surface area contributed by atoms with Gasteiger partial charge in [-0.25, -0.2) is 0 Å². The Morgan fingerprint density at radius 3 is 2.53 bits per heavy atom. The predicted molar refractivity (Wildman–Crippen MR) is 62.3 cm³/mol. The number of aliphatic hydroxyl groups excluding tert-OH is 1. The summed E-state index contributed by atoms with van der Waals surface area (Å²) in [5, 5.41) is 9.41. The van der Waals surface area contributed by atoms with Crippen LogP contribution in [0.15, 0.2) is 0 Å². The summed E-state index contributed by atoms with van der Waals surface area (Å²) in [6.07, 6.45) is -1.50. The first-order valence-corrected chi connectivity index (χ1v) is 7.72. The van der Waals surface area contributed by atoms with E-state index in [2.05, 4.69) is 0 Å². The molecule has 3 N–H and O–H groups in total. The van der Waals surface area contributed by atoms with Gasteiger partial charge in [0.2, 0.25) is 0 Å². The molecule has 0 fully saturated rings. The van der Waals surface area contributed by atoms with Crippen LogP contribution >= 0.6 is 7.72 Å². The van der Waals surface area contributed by atoms with Gasteiger partial charge in [0.15, 0.2) is 0 Å². The van der Waals surface area contributed by atoms with E-state index in [9.17, 15) is 9.50 Å². The second-order valence-electron chi connectivity index (χ2n) is 3.66. The summed E-state index contributed by atoms with van der Waals surface area (Å²) >= 11 is 0. The SMILES string of the molecule is CC[PH](C)(OC)OCC(O)C(F)CCN. The molecular weight excluding hydrogens is 220 g/mol. The first-order valence-electron chi connectivity index (χ1n) is 5.20. The number of hydrogen-bond donors (Lipinski definition) is 2. The maximum atomic E-state index is 13.1. The summed E-state index contributed by atoms with van der Waals surface area (Å²) < 4.78 is 23.8. The van der Waals surface area contributed by atoms with Gasteiger partial charge in [0, 0.05) is 0 Å². The Morgan fingerprint density at radius 1 is 1.53 bits per heavy atom. The zero-order valence-corrected chi connectivity index (χ0v) is 10.7. The summed E-state index contributed by atoms with van der Waals surface area (Å²) in [4.78, 5) is 0. The van der Waals surface area contributed by atoms with Gasteiger partial charge in [-0.3, -0.25) is 0 Å². The number of alkyl halides is 1. The quantitative estimate of drug-likeness (QED) is 0.622. The predicted octanol–water partition coefficient (Wildman–Crippen LogP) is 0.927. The second-order valence-corrected chi connectivity index (χ2v) is 7.33. The van der Waals surface area contributed by atoms with Crippen LogP contribution in [0, 0.1) is 0 Å². The number of nitrogens with two attached hydrogens (primary N) is 1. The molecule has 0 saturated heterocycles. The van der Waals surface area contributed by atoms with Crippen LogP contribution in [0.1, 0.15) is 13.3 Å². The van der Waals surface area contributed by atoms with Gasteiger partial charge in [0.05, 0.1) is 0 Å². The summed E-state index contributed by atoms with van der Waals surface area (Å²) in [5.41, 5.74) is 5.19. The molecule has 0 saturated carbocycles. The van der Waals surface area contributed by atoms with Gasteiger partial charge in [0.25, 0.3) is 0 Å². The average molecular weight is 243 g/mol. The van der Waals surface area contributed by atoms with E-state index in [1.54, 1.807) is 7.11 Å². The van der Waals surface area contributed by atoms with Crippen molar-refractivity contribution in [1.82, 2.24) is 0 Å². The van der Waals surface area contributed by atoms with E-state index in [-0.39, 0.29) is 19.6 Å². The molecule has 0 bridgehead atoms. The van der Waals surface area contributed by atoms with Crippen molar-refractivity contribution in [3.05, 3.63) is 0 Å². The Bertz CT molecular complexity index is 169. The van der Waals surface area contributed by atoms with Crippen molar-refractivity contribution in [3.8, 4) is 0 Å². The molecule has 0 amide bonds. The Balaban J connectivity index is 3.92. The molecule has 4 nitrogen and oxygen atoms in total. The number of rotatable bonds is 8. The molecule has 6 heteroatoms. The number of halogens is 1.